The van der Waals surface area contributed by atoms with Crippen molar-refractivity contribution in [1.82, 2.24) is 24.9 Å². The van der Waals surface area contributed by atoms with E-state index in [2.05, 4.69) is 24.9 Å². The number of hydrogen-bond donors (Lipinski definition) is 2. The third kappa shape index (κ3) is 1.82. The molecular weight excluding hydrogens is 214 g/mol. The fraction of sp³-hybridized carbons (Fsp3) is 0.0833. The minimum absolute atomic E-state index is 0.0822. The van der Waals surface area contributed by atoms with Crippen molar-refractivity contribution in [3.05, 3.63) is 66.5 Å². The van der Waals surface area contributed by atoms with E-state index in [9.17, 15) is 0 Å². The van der Waals surface area contributed by atoms with Gasteiger partial charge in [-0.2, -0.15) is 0 Å². The van der Waals surface area contributed by atoms with Gasteiger partial charge in [0, 0.05) is 31.0 Å². The van der Waals surface area contributed by atoms with Gasteiger partial charge in [0.05, 0.1) is 5.69 Å². The fourth-order valence-corrected chi connectivity index (χ4v) is 1.83. The molecule has 3 rings (SSSR count). The first kappa shape index (κ1) is 9.77. The van der Waals surface area contributed by atoms with Crippen LogP contribution >= 0.6 is 0 Å². The smallest absolute Gasteiger partial charge is 0.122 e. The molecule has 3 heterocycles. The van der Waals surface area contributed by atoms with E-state index in [1.54, 1.807) is 31.0 Å². The van der Waals surface area contributed by atoms with Crippen molar-refractivity contribution in [1.29, 1.82) is 0 Å². The molecule has 5 heteroatoms. The largest absolute Gasteiger partial charge is 0.348 e. The van der Waals surface area contributed by atoms with Crippen LogP contribution in [0.5, 0.6) is 0 Å². The number of hydrogen-bond acceptors (Lipinski definition) is 3. The molecule has 0 fully saturated rings. The molecule has 0 radical (unpaired) electrons. The van der Waals surface area contributed by atoms with Crippen molar-refractivity contribution < 1.29 is 0 Å². The van der Waals surface area contributed by atoms with Gasteiger partial charge in [-0.15, -0.1) is 0 Å². The number of rotatable bonds is 3. The maximum absolute atomic E-state index is 4.37. The number of aromatic nitrogens is 5. The van der Waals surface area contributed by atoms with Crippen LogP contribution in [-0.4, -0.2) is 24.9 Å². The summed E-state index contributed by atoms with van der Waals surface area (Å²) >= 11 is 0. The van der Waals surface area contributed by atoms with Gasteiger partial charge in [-0.05, 0) is 12.1 Å². The van der Waals surface area contributed by atoms with E-state index >= 15 is 0 Å². The molecule has 0 aliphatic rings. The van der Waals surface area contributed by atoms with Crippen molar-refractivity contribution >= 4 is 0 Å². The lowest BCUT2D eigenvalue weighted by Crippen LogP contribution is -2.08. The van der Waals surface area contributed by atoms with E-state index in [-0.39, 0.29) is 5.92 Å². The lowest BCUT2D eigenvalue weighted by molar-refractivity contribution is 0.794. The second-order valence-electron chi connectivity index (χ2n) is 3.64. The molecule has 0 bridgehead atoms. The molecule has 17 heavy (non-hydrogen) atoms. The summed E-state index contributed by atoms with van der Waals surface area (Å²) in [6, 6.07) is 5.82. The van der Waals surface area contributed by atoms with Gasteiger partial charge >= 0.3 is 0 Å². The Morgan fingerprint density at radius 1 is 0.824 bits per heavy atom. The maximum Gasteiger partial charge on any atom is 0.122 e. The molecule has 3 aromatic rings. The Labute approximate surface area is 98.0 Å². The lowest BCUT2D eigenvalue weighted by atomic mass is 10.0. The molecule has 0 aliphatic carbocycles. The Bertz CT molecular complexity index is 522. The summed E-state index contributed by atoms with van der Waals surface area (Å²) in [6.45, 7) is 0. The van der Waals surface area contributed by atoms with Gasteiger partial charge in [0.2, 0.25) is 0 Å². The summed E-state index contributed by atoms with van der Waals surface area (Å²) in [6.07, 6.45) is 8.83. The molecule has 0 atom stereocenters. The summed E-state index contributed by atoms with van der Waals surface area (Å²) in [5.74, 6) is 1.58. The number of imidazole rings is 2. The van der Waals surface area contributed by atoms with E-state index in [0.29, 0.717) is 0 Å². The molecule has 0 aliphatic heterocycles. The van der Waals surface area contributed by atoms with Gasteiger partial charge in [-0.1, -0.05) is 6.07 Å². The van der Waals surface area contributed by atoms with Crippen LogP contribution < -0.4 is 0 Å². The fourth-order valence-electron chi connectivity index (χ4n) is 1.83. The minimum atomic E-state index is -0.0822. The van der Waals surface area contributed by atoms with Crippen molar-refractivity contribution in [2.75, 3.05) is 0 Å². The predicted octanol–water partition coefficient (Wildman–Crippen LogP) is 1.71. The Morgan fingerprint density at radius 2 is 1.53 bits per heavy atom. The Balaban J connectivity index is 2.10. The first-order valence-corrected chi connectivity index (χ1v) is 5.34. The predicted molar refractivity (Wildman–Crippen MR) is 62.4 cm³/mol. The van der Waals surface area contributed by atoms with Crippen molar-refractivity contribution in [2.24, 2.45) is 0 Å². The monoisotopic (exact) mass is 225 g/mol. The van der Waals surface area contributed by atoms with Crippen molar-refractivity contribution in [2.45, 2.75) is 5.92 Å². The lowest BCUT2D eigenvalue weighted by Gasteiger charge is -2.11. The van der Waals surface area contributed by atoms with Gasteiger partial charge in [-0.3, -0.25) is 4.98 Å². The zero-order chi connectivity index (χ0) is 11.5. The van der Waals surface area contributed by atoms with Crippen molar-refractivity contribution in [3.8, 4) is 0 Å². The van der Waals surface area contributed by atoms with Gasteiger partial charge in [-0.25, -0.2) is 9.97 Å². The Morgan fingerprint density at radius 3 is 2.00 bits per heavy atom. The third-order valence-corrected chi connectivity index (χ3v) is 2.57. The molecular formula is C12H11N5. The van der Waals surface area contributed by atoms with E-state index in [1.165, 1.54) is 0 Å². The number of nitrogens with one attached hydrogen (secondary N) is 2. The van der Waals surface area contributed by atoms with E-state index in [0.717, 1.165) is 17.3 Å². The normalized spacial score (nSPS) is 10.9. The highest BCUT2D eigenvalue weighted by atomic mass is 15.0. The second-order valence-corrected chi connectivity index (χ2v) is 3.64. The highest BCUT2D eigenvalue weighted by Crippen LogP contribution is 2.24. The topological polar surface area (TPSA) is 70.2 Å². The van der Waals surface area contributed by atoms with Crippen molar-refractivity contribution in [3.63, 3.8) is 0 Å². The first-order valence-electron chi connectivity index (χ1n) is 5.34. The molecule has 0 aromatic carbocycles. The second kappa shape index (κ2) is 4.21. The molecule has 5 nitrogen and oxygen atoms in total. The van der Waals surface area contributed by atoms with Crippen LogP contribution in [0.3, 0.4) is 0 Å². The Kier molecular flexibility index (Phi) is 2.42. The van der Waals surface area contributed by atoms with E-state index < -0.39 is 0 Å². The molecule has 3 aromatic heterocycles. The highest BCUT2D eigenvalue weighted by molar-refractivity contribution is 5.26. The average Bonchev–Trinajstić information content (AvgIpc) is 3.04. The molecule has 0 saturated carbocycles. The molecule has 0 saturated heterocycles. The van der Waals surface area contributed by atoms with Crippen LogP contribution in [0.15, 0.2) is 49.2 Å². The SMILES string of the molecule is c1ccc(C(c2ncc[nH]2)c2ncc[nH]2)nc1. The number of aromatic amines is 2. The summed E-state index contributed by atoms with van der Waals surface area (Å²) in [5.41, 5.74) is 0.914. The van der Waals surface area contributed by atoms with Crippen LogP contribution in [0.25, 0.3) is 0 Å². The highest BCUT2D eigenvalue weighted by Gasteiger charge is 2.22. The van der Waals surface area contributed by atoms with Crippen LogP contribution in [0.4, 0.5) is 0 Å². The van der Waals surface area contributed by atoms with E-state index in [4.69, 9.17) is 0 Å². The first-order chi connectivity index (χ1) is 8.45. The zero-order valence-corrected chi connectivity index (χ0v) is 9.04. The number of nitrogens with zero attached hydrogens (tertiary/aromatic N) is 3. The standard InChI is InChI=1S/C12H11N5/c1-2-4-13-9(3-1)10(11-14-5-6-15-11)12-16-7-8-17-12/h1-8,10H,(H,14,15)(H,16,17). The van der Waals surface area contributed by atoms with Gasteiger partial charge in [0.1, 0.15) is 17.6 Å². The van der Waals surface area contributed by atoms with Gasteiger partial charge in [0.25, 0.3) is 0 Å². The van der Waals surface area contributed by atoms with Crippen LogP contribution in [-0.2, 0) is 0 Å². The molecule has 2 N–H and O–H groups in total. The summed E-state index contributed by atoms with van der Waals surface area (Å²) in [4.78, 5) is 19.2. The number of H-pyrrole nitrogens is 2. The molecule has 0 unspecified atom stereocenters. The third-order valence-electron chi connectivity index (χ3n) is 2.57. The van der Waals surface area contributed by atoms with Crippen LogP contribution in [0.2, 0.25) is 0 Å². The summed E-state index contributed by atoms with van der Waals surface area (Å²) in [7, 11) is 0. The zero-order valence-electron chi connectivity index (χ0n) is 9.04. The molecule has 0 amide bonds. The van der Waals surface area contributed by atoms with Crippen LogP contribution in [0, 0.1) is 0 Å². The Hall–Kier alpha value is -2.43. The minimum Gasteiger partial charge on any atom is -0.348 e. The summed E-state index contributed by atoms with van der Waals surface area (Å²) in [5, 5.41) is 0. The van der Waals surface area contributed by atoms with Gasteiger partial charge in [0.15, 0.2) is 0 Å². The molecule has 0 spiro atoms. The van der Waals surface area contributed by atoms with E-state index in [1.807, 2.05) is 18.2 Å². The summed E-state index contributed by atoms with van der Waals surface area (Å²) < 4.78 is 0. The molecule has 84 valence electrons. The average molecular weight is 225 g/mol. The number of pyridine rings is 1. The van der Waals surface area contributed by atoms with Crippen LogP contribution in [0.1, 0.15) is 23.3 Å². The van der Waals surface area contributed by atoms with Gasteiger partial charge < -0.3 is 9.97 Å². The quantitative estimate of drug-likeness (QED) is 0.712. The maximum atomic E-state index is 4.37.